The van der Waals surface area contributed by atoms with Crippen LogP contribution in [0, 0.1) is 0 Å². The zero-order valence-electron chi connectivity index (χ0n) is 12.2. The molecule has 21 heavy (non-hydrogen) atoms. The zero-order chi connectivity index (χ0) is 14.9. The van der Waals surface area contributed by atoms with Gasteiger partial charge < -0.3 is 5.11 Å². The Morgan fingerprint density at radius 3 is 2.24 bits per heavy atom. The second-order valence-corrected chi connectivity index (χ2v) is 8.13. The second kappa shape index (κ2) is 5.71. The van der Waals surface area contributed by atoms with Gasteiger partial charge in [0.25, 0.3) is 0 Å². The maximum Gasteiger partial charge on any atom is 0.241 e. The van der Waals surface area contributed by atoms with Crippen molar-refractivity contribution < 1.29 is 13.5 Å². The summed E-state index contributed by atoms with van der Waals surface area (Å²) < 4.78 is 27.3. The predicted octanol–water partition coefficient (Wildman–Crippen LogP) is 2.54. The van der Waals surface area contributed by atoms with Gasteiger partial charge in [0, 0.05) is 0 Å². The maximum atomic E-state index is 12.3. The van der Waals surface area contributed by atoms with E-state index in [1.54, 1.807) is 12.1 Å². The van der Waals surface area contributed by atoms with Crippen LogP contribution in [0.3, 0.4) is 0 Å². The lowest BCUT2D eigenvalue weighted by molar-refractivity contribution is 0.246. The molecule has 0 unspecified atom stereocenters. The number of hydrogen-bond donors (Lipinski definition) is 2. The van der Waals surface area contributed by atoms with E-state index in [9.17, 15) is 13.5 Å². The minimum absolute atomic E-state index is 0.133. The highest BCUT2D eigenvalue weighted by Crippen LogP contribution is 2.37. The molecule has 0 amide bonds. The summed E-state index contributed by atoms with van der Waals surface area (Å²) in [6.45, 7) is -0.133. The van der Waals surface area contributed by atoms with Crippen LogP contribution in [0.2, 0.25) is 0 Å². The van der Waals surface area contributed by atoms with E-state index >= 15 is 0 Å². The Kier molecular flexibility index (Phi) is 4.08. The van der Waals surface area contributed by atoms with Crippen LogP contribution in [0.25, 0.3) is 0 Å². The van der Waals surface area contributed by atoms with Crippen LogP contribution in [-0.2, 0) is 10.0 Å². The topological polar surface area (TPSA) is 66.4 Å². The molecule has 0 atom stereocenters. The molecule has 0 spiro atoms. The minimum Gasteiger partial charge on any atom is -0.394 e. The van der Waals surface area contributed by atoms with E-state index in [4.69, 9.17) is 0 Å². The van der Waals surface area contributed by atoms with Gasteiger partial charge in [0.15, 0.2) is 0 Å². The van der Waals surface area contributed by atoms with Crippen molar-refractivity contribution in [3.05, 3.63) is 29.8 Å². The summed E-state index contributed by atoms with van der Waals surface area (Å²) in [4.78, 5) is 0.293. The van der Waals surface area contributed by atoms with E-state index in [0.29, 0.717) is 23.7 Å². The summed E-state index contributed by atoms with van der Waals surface area (Å²) in [6, 6.07) is 7.28. The third kappa shape index (κ3) is 3.30. The zero-order valence-corrected chi connectivity index (χ0v) is 13.0. The first kappa shape index (κ1) is 15.0. The van der Waals surface area contributed by atoms with E-state index in [1.165, 1.54) is 37.7 Å². The molecule has 116 valence electrons. The van der Waals surface area contributed by atoms with Crippen LogP contribution in [-0.4, -0.2) is 25.7 Å². The third-order valence-electron chi connectivity index (χ3n) is 4.77. The van der Waals surface area contributed by atoms with Gasteiger partial charge in [0.05, 0.1) is 17.0 Å². The van der Waals surface area contributed by atoms with Crippen molar-refractivity contribution in [2.45, 2.75) is 61.3 Å². The smallest absolute Gasteiger partial charge is 0.241 e. The molecule has 0 aromatic heterocycles. The van der Waals surface area contributed by atoms with Gasteiger partial charge >= 0.3 is 0 Å². The number of aliphatic hydroxyl groups excluding tert-OH is 1. The molecular formula is C16H23NO3S. The van der Waals surface area contributed by atoms with Crippen molar-refractivity contribution in [3.8, 4) is 0 Å². The highest BCUT2D eigenvalue weighted by atomic mass is 32.2. The van der Waals surface area contributed by atoms with Crippen molar-refractivity contribution in [3.63, 3.8) is 0 Å². The molecule has 0 bridgehead atoms. The quantitative estimate of drug-likeness (QED) is 0.878. The molecule has 0 radical (unpaired) electrons. The van der Waals surface area contributed by atoms with Gasteiger partial charge in [-0.1, -0.05) is 31.4 Å². The highest BCUT2D eigenvalue weighted by Gasteiger charge is 2.45. The molecular weight excluding hydrogens is 286 g/mol. The lowest BCUT2D eigenvalue weighted by Gasteiger charge is -2.22. The molecule has 1 aromatic carbocycles. The van der Waals surface area contributed by atoms with E-state index in [1.807, 2.05) is 12.1 Å². The molecule has 2 saturated carbocycles. The maximum absolute atomic E-state index is 12.3. The number of sulfonamides is 1. The lowest BCUT2D eigenvalue weighted by Crippen LogP contribution is -2.39. The summed E-state index contributed by atoms with van der Waals surface area (Å²) >= 11 is 0. The van der Waals surface area contributed by atoms with Crippen LogP contribution < -0.4 is 4.72 Å². The van der Waals surface area contributed by atoms with Gasteiger partial charge in [0.1, 0.15) is 0 Å². The van der Waals surface area contributed by atoms with E-state index < -0.39 is 15.6 Å². The number of rotatable bonds is 5. The molecule has 2 aliphatic carbocycles. The second-order valence-electron chi connectivity index (χ2n) is 6.45. The Balaban J connectivity index is 1.74. The van der Waals surface area contributed by atoms with Crippen LogP contribution in [0.5, 0.6) is 0 Å². The fraction of sp³-hybridized carbons (Fsp3) is 0.625. The Labute approximate surface area is 126 Å². The number of benzene rings is 1. The van der Waals surface area contributed by atoms with Gasteiger partial charge in [-0.05, 0) is 49.3 Å². The lowest BCUT2D eigenvalue weighted by atomic mass is 9.84. The third-order valence-corrected chi connectivity index (χ3v) is 6.37. The van der Waals surface area contributed by atoms with Crippen molar-refractivity contribution in [2.24, 2.45) is 0 Å². The fourth-order valence-electron chi connectivity index (χ4n) is 3.14. The molecule has 3 rings (SSSR count). The molecule has 0 heterocycles. The van der Waals surface area contributed by atoms with Crippen LogP contribution in [0.15, 0.2) is 29.2 Å². The van der Waals surface area contributed by atoms with Crippen molar-refractivity contribution in [1.82, 2.24) is 4.72 Å². The van der Waals surface area contributed by atoms with Crippen molar-refractivity contribution >= 4 is 10.0 Å². The first-order valence-electron chi connectivity index (χ1n) is 7.80. The normalized spacial score (nSPS) is 22.1. The molecule has 1 aromatic rings. The van der Waals surface area contributed by atoms with E-state index in [-0.39, 0.29) is 6.61 Å². The number of nitrogens with one attached hydrogen (secondary N) is 1. The molecule has 2 N–H and O–H groups in total. The van der Waals surface area contributed by atoms with E-state index in [0.717, 1.165) is 0 Å². The van der Waals surface area contributed by atoms with Gasteiger partial charge in [-0.2, -0.15) is 0 Å². The van der Waals surface area contributed by atoms with Crippen molar-refractivity contribution in [1.29, 1.82) is 0 Å². The Morgan fingerprint density at radius 1 is 1.10 bits per heavy atom. The summed E-state index contributed by atoms with van der Waals surface area (Å²) in [7, 11) is -3.53. The summed E-state index contributed by atoms with van der Waals surface area (Å²) in [6.07, 6.45) is 7.69. The number of aliphatic hydroxyl groups is 1. The first-order valence-corrected chi connectivity index (χ1v) is 9.28. The van der Waals surface area contributed by atoms with Crippen LogP contribution in [0.1, 0.15) is 56.4 Å². The Hall–Kier alpha value is -0.910. The average molecular weight is 309 g/mol. The Morgan fingerprint density at radius 2 is 1.71 bits per heavy atom. The molecule has 4 nitrogen and oxygen atoms in total. The molecule has 2 aliphatic rings. The standard InChI is InChI=1S/C16H23NO3S/c18-12-16(10-11-16)17-21(19,20)15-8-6-14(7-9-15)13-4-2-1-3-5-13/h6-9,13,17-18H,1-5,10-12H2. The summed E-state index contributed by atoms with van der Waals surface area (Å²) in [5, 5.41) is 9.25. The minimum atomic E-state index is -3.53. The van der Waals surface area contributed by atoms with Crippen LogP contribution in [0.4, 0.5) is 0 Å². The number of hydrogen-bond acceptors (Lipinski definition) is 3. The largest absolute Gasteiger partial charge is 0.394 e. The predicted molar refractivity (Wildman–Crippen MR) is 81.6 cm³/mol. The van der Waals surface area contributed by atoms with Crippen molar-refractivity contribution in [2.75, 3.05) is 6.61 Å². The fourth-order valence-corrected chi connectivity index (χ4v) is 4.59. The molecule has 0 aliphatic heterocycles. The monoisotopic (exact) mass is 309 g/mol. The Bertz CT molecular complexity index is 584. The van der Waals surface area contributed by atoms with Gasteiger partial charge in [-0.15, -0.1) is 0 Å². The highest BCUT2D eigenvalue weighted by molar-refractivity contribution is 7.89. The van der Waals surface area contributed by atoms with E-state index in [2.05, 4.69) is 4.72 Å². The molecule has 5 heteroatoms. The summed E-state index contributed by atoms with van der Waals surface area (Å²) in [5.74, 6) is 0.579. The first-order chi connectivity index (χ1) is 10.0. The van der Waals surface area contributed by atoms with Gasteiger partial charge in [-0.25, -0.2) is 13.1 Å². The molecule has 2 fully saturated rings. The average Bonchev–Trinajstić information content (AvgIpc) is 3.28. The van der Waals surface area contributed by atoms with Gasteiger partial charge in [0.2, 0.25) is 10.0 Å². The SMILES string of the molecule is O=S(=O)(NC1(CO)CC1)c1ccc(C2CCCCC2)cc1. The van der Waals surface area contributed by atoms with Crippen LogP contribution >= 0.6 is 0 Å². The summed E-state index contributed by atoms with van der Waals surface area (Å²) in [5.41, 5.74) is 0.637. The molecule has 0 saturated heterocycles. The van der Waals surface area contributed by atoms with Gasteiger partial charge in [-0.3, -0.25) is 0 Å².